The fourth-order valence-electron chi connectivity index (χ4n) is 3.47. The number of benzene rings is 2. The van der Waals surface area contributed by atoms with E-state index < -0.39 is 9.84 Å². The molecule has 7 heteroatoms. The van der Waals surface area contributed by atoms with Crippen LogP contribution in [0.5, 0.6) is 0 Å². The number of rotatable bonds is 2. The molecule has 2 fully saturated rings. The minimum atomic E-state index is -3.07. The summed E-state index contributed by atoms with van der Waals surface area (Å²) in [6.07, 6.45) is 0. The lowest BCUT2D eigenvalue weighted by Crippen LogP contribution is -2.37. The Kier molecular flexibility index (Phi) is 4.60. The monoisotopic (exact) mass is 400 g/mol. The van der Waals surface area contributed by atoms with Crippen molar-refractivity contribution in [3.63, 3.8) is 0 Å². The van der Waals surface area contributed by atoms with Gasteiger partial charge in [-0.05, 0) is 49.2 Å². The number of aryl methyl sites for hydroxylation is 2. The molecule has 2 aliphatic rings. The molecule has 2 aliphatic heterocycles. The molecule has 27 heavy (non-hydrogen) atoms. The highest BCUT2D eigenvalue weighted by Gasteiger charge is 2.49. The molecular formula is C20H20N2O3S2. The van der Waals surface area contributed by atoms with E-state index in [-0.39, 0.29) is 28.7 Å². The van der Waals surface area contributed by atoms with E-state index in [1.165, 1.54) is 17.3 Å². The van der Waals surface area contributed by atoms with Crippen LogP contribution in [-0.2, 0) is 9.84 Å². The van der Waals surface area contributed by atoms with Gasteiger partial charge in [-0.3, -0.25) is 4.79 Å². The van der Waals surface area contributed by atoms with E-state index in [4.69, 9.17) is 0 Å². The Labute approximate surface area is 163 Å². The topological polar surface area (TPSA) is 66.8 Å². The highest BCUT2D eigenvalue weighted by atomic mass is 32.2. The van der Waals surface area contributed by atoms with Crippen LogP contribution in [0, 0.1) is 13.8 Å². The molecule has 0 unspecified atom stereocenters. The summed E-state index contributed by atoms with van der Waals surface area (Å²) >= 11 is 1.40. The molecule has 0 bridgehead atoms. The van der Waals surface area contributed by atoms with Gasteiger partial charge < -0.3 is 4.90 Å². The highest BCUT2D eigenvalue weighted by Crippen LogP contribution is 2.41. The predicted molar refractivity (Wildman–Crippen MR) is 110 cm³/mol. The minimum absolute atomic E-state index is 0.0934. The van der Waals surface area contributed by atoms with Gasteiger partial charge in [0.25, 0.3) is 5.91 Å². The highest BCUT2D eigenvalue weighted by molar-refractivity contribution is 8.16. The van der Waals surface area contributed by atoms with Crippen molar-refractivity contribution in [3.8, 4) is 0 Å². The van der Waals surface area contributed by atoms with E-state index in [0.717, 1.165) is 11.3 Å². The number of carbonyl (C=O) groups excluding carboxylic acids is 1. The van der Waals surface area contributed by atoms with Gasteiger partial charge in [0.15, 0.2) is 15.0 Å². The first-order valence-electron chi connectivity index (χ1n) is 8.76. The van der Waals surface area contributed by atoms with Gasteiger partial charge in [-0.25, -0.2) is 8.42 Å². The fourth-order valence-corrected chi connectivity index (χ4v) is 7.39. The Bertz CT molecular complexity index is 1030. The summed E-state index contributed by atoms with van der Waals surface area (Å²) in [6.45, 7) is 4.06. The molecular weight excluding hydrogens is 380 g/mol. The maximum Gasteiger partial charge on any atom is 0.279 e. The number of thioether (sulfide) groups is 1. The van der Waals surface area contributed by atoms with Crippen LogP contribution in [0.4, 0.5) is 5.69 Å². The van der Waals surface area contributed by atoms with Gasteiger partial charge in [0.2, 0.25) is 0 Å². The maximum atomic E-state index is 12.6. The summed E-state index contributed by atoms with van der Waals surface area (Å²) in [5.41, 5.74) is 3.70. The number of hydrogen-bond acceptors (Lipinski definition) is 4. The second-order valence-electron chi connectivity index (χ2n) is 7.00. The number of amides is 1. The third-order valence-electron chi connectivity index (χ3n) is 5.05. The van der Waals surface area contributed by atoms with Gasteiger partial charge in [0, 0.05) is 16.5 Å². The molecule has 0 N–H and O–H groups in total. The second-order valence-corrected chi connectivity index (χ2v) is 10.4. The third kappa shape index (κ3) is 3.53. The molecule has 5 nitrogen and oxygen atoms in total. The zero-order valence-corrected chi connectivity index (χ0v) is 16.8. The normalized spacial score (nSPS) is 25.0. The Hall–Kier alpha value is -2.12. The number of amidine groups is 1. The van der Waals surface area contributed by atoms with Crippen molar-refractivity contribution in [2.45, 2.75) is 25.1 Å². The molecule has 140 valence electrons. The van der Waals surface area contributed by atoms with Crippen molar-refractivity contribution in [3.05, 3.63) is 65.2 Å². The zero-order chi connectivity index (χ0) is 19.2. The van der Waals surface area contributed by atoms with E-state index in [9.17, 15) is 13.2 Å². The van der Waals surface area contributed by atoms with Crippen molar-refractivity contribution >= 4 is 38.4 Å². The van der Waals surface area contributed by atoms with Crippen LogP contribution in [-0.4, -0.2) is 42.3 Å². The lowest BCUT2D eigenvalue weighted by atomic mass is 10.1. The number of hydrogen-bond donors (Lipinski definition) is 0. The molecule has 2 aromatic carbocycles. The van der Waals surface area contributed by atoms with Crippen molar-refractivity contribution in [1.29, 1.82) is 0 Å². The van der Waals surface area contributed by atoms with Crippen molar-refractivity contribution in [1.82, 2.24) is 0 Å². The largest absolute Gasteiger partial charge is 0.316 e. The van der Waals surface area contributed by atoms with Crippen LogP contribution in [0.25, 0.3) is 0 Å². The Morgan fingerprint density at radius 3 is 2.52 bits per heavy atom. The molecule has 2 aromatic rings. The van der Waals surface area contributed by atoms with Gasteiger partial charge in [-0.2, -0.15) is 4.99 Å². The third-order valence-corrected chi connectivity index (χ3v) is 8.26. The maximum absolute atomic E-state index is 12.6. The standard InChI is InChI=1S/C20H20N2O3S2/c1-13-8-9-16(10-14(13)2)22-17-11-27(24,25)12-18(17)26-20(22)21-19(23)15-6-4-3-5-7-15/h3-10,17-18H,11-12H2,1-2H3/t17-,18+/m1/s1. The molecule has 0 radical (unpaired) electrons. The van der Waals surface area contributed by atoms with Gasteiger partial charge in [-0.15, -0.1) is 0 Å². The first-order valence-corrected chi connectivity index (χ1v) is 11.5. The Balaban J connectivity index is 1.75. The van der Waals surface area contributed by atoms with E-state index in [1.54, 1.807) is 24.3 Å². The van der Waals surface area contributed by atoms with Gasteiger partial charge >= 0.3 is 0 Å². The van der Waals surface area contributed by atoms with Crippen LogP contribution >= 0.6 is 11.8 Å². The Morgan fingerprint density at radius 2 is 1.81 bits per heavy atom. The second kappa shape index (κ2) is 6.80. The SMILES string of the molecule is Cc1ccc(N2C(=NC(=O)c3ccccc3)S[C@H]3CS(=O)(=O)C[C@H]32)cc1C. The summed E-state index contributed by atoms with van der Waals surface area (Å²) in [7, 11) is -3.07. The Morgan fingerprint density at radius 1 is 1.07 bits per heavy atom. The number of nitrogens with zero attached hydrogens (tertiary/aromatic N) is 2. The molecule has 0 aliphatic carbocycles. The number of anilines is 1. The number of carbonyl (C=O) groups is 1. The number of aliphatic imine (C=N–C) groups is 1. The van der Waals surface area contributed by atoms with Crippen molar-refractivity contribution in [2.24, 2.45) is 4.99 Å². The van der Waals surface area contributed by atoms with E-state index >= 15 is 0 Å². The predicted octanol–water partition coefficient (Wildman–Crippen LogP) is 3.22. The lowest BCUT2D eigenvalue weighted by Gasteiger charge is -2.25. The molecule has 1 amide bonds. The smallest absolute Gasteiger partial charge is 0.279 e. The number of sulfone groups is 1. The fraction of sp³-hybridized carbons (Fsp3) is 0.300. The summed E-state index contributed by atoms with van der Waals surface area (Å²) in [5, 5.41) is 0.482. The molecule has 0 saturated carbocycles. The quantitative estimate of drug-likeness (QED) is 0.774. The average Bonchev–Trinajstić information content (AvgIpc) is 3.09. The van der Waals surface area contributed by atoms with Crippen LogP contribution in [0.2, 0.25) is 0 Å². The van der Waals surface area contributed by atoms with Crippen molar-refractivity contribution < 1.29 is 13.2 Å². The van der Waals surface area contributed by atoms with Crippen LogP contribution in [0.15, 0.2) is 53.5 Å². The molecule has 4 rings (SSSR count). The first-order chi connectivity index (χ1) is 12.8. The molecule has 0 aromatic heterocycles. The molecule has 0 spiro atoms. The van der Waals surface area contributed by atoms with Gasteiger partial charge in [0.1, 0.15) is 0 Å². The molecule has 2 saturated heterocycles. The first kappa shape index (κ1) is 18.3. The zero-order valence-electron chi connectivity index (χ0n) is 15.1. The molecule has 2 heterocycles. The van der Waals surface area contributed by atoms with Gasteiger partial charge in [-0.1, -0.05) is 36.0 Å². The van der Waals surface area contributed by atoms with Gasteiger partial charge in [0.05, 0.1) is 17.5 Å². The summed E-state index contributed by atoms with van der Waals surface area (Å²) in [4.78, 5) is 18.9. The van der Waals surface area contributed by atoms with Crippen LogP contribution < -0.4 is 4.90 Å². The average molecular weight is 401 g/mol. The van der Waals surface area contributed by atoms with Crippen LogP contribution in [0.3, 0.4) is 0 Å². The summed E-state index contributed by atoms with van der Waals surface area (Å²) < 4.78 is 24.3. The summed E-state index contributed by atoms with van der Waals surface area (Å²) in [5.74, 6) is -0.0898. The summed E-state index contributed by atoms with van der Waals surface area (Å²) in [6, 6.07) is 14.8. The molecule has 2 atom stereocenters. The minimum Gasteiger partial charge on any atom is -0.316 e. The van der Waals surface area contributed by atoms with E-state index in [1.807, 2.05) is 43.0 Å². The number of fused-ring (bicyclic) bond motifs is 1. The van der Waals surface area contributed by atoms with E-state index in [2.05, 4.69) is 4.99 Å². The van der Waals surface area contributed by atoms with Crippen molar-refractivity contribution in [2.75, 3.05) is 16.4 Å². The van der Waals surface area contributed by atoms with E-state index in [0.29, 0.717) is 10.7 Å². The lowest BCUT2D eigenvalue weighted by molar-refractivity contribution is 0.100. The van der Waals surface area contributed by atoms with Crippen LogP contribution in [0.1, 0.15) is 21.5 Å².